The van der Waals surface area contributed by atoms with Gasteiger partial charge in [0.05, 0.1) is 6.10 Å². The smallest absolute Gasteiger partial charge is 0.126 e. The fourth-order valence-electron chi connectivity index (χ4n) is 3.07. The number of hydrogen-bond donors (Lipinski definition) is 2. The summed E-state index contributed by atoms with van der Waals surface area (Å²) in [5.74, 6) is 0.775. The molecule has 3 atom stereocenters. The largest absolute Gasteiger partial charge is 0.485 e. The monoisotopic (exact) mass is 297 g/mol. The SMILES string of the molecule is CC(C)NC1CC(c2ccccc2)Oc2ccccc2C1O. The average Bonchev–Trinajstić information content (AvgIpc) is 2.66. The van der Waals surface area contributed by atoms with Gasteiger partial charge in [-0.2, -0.15) is 0 Å². The first-order valence-electron chi connectivity index (χ1n) is 7.90. The highest BCUT2D eigenvalue weighted by atomic mass is 16.5. The molecule has 2 aromatic carbocycles. The molecule has 1 heterocycles. The van der Waals surface area contributed by atoms with Crippen LogP contribution in [0.3, 0.4) is 0 Å². The highest BCUT2D eigenvalue weighted by molar-refractivity contribution is 5.38. The van der Waals surface area contributed by atoms with Gasteiger partial charge in [-0.15, -0.1) is 0 Å². The Balaban J connectivity index is 1.97. The van der Waals surface area contributed by atoms with Crippen molar-refractivity contribution < 1.29 is 9.84 Å². The van der Waals surface area contributed by atoms with Crippen LogP contribution in [-0.4, -0.2) is 17.2 Å². The summed E-state index contributed by atoms with van der Waals surface area (Å²) in [4.78, 5) is 0. The molecule has 3 nitrogen and oxygen atoms in total. The maximum atomic E-state index is 10.8. The second-order valence-corrected chi connectivity index (χ2v) is 6.16. The molecule has 0 radical (unpaired) electrons. The zero-order valence-electron chi connectivity index (χ0n) is 13.1. The zero-order chi connectivity index (χ0) is 15.5. The van der Waals surface area contributed by atoms with E-state index in [2.05, 4.69) is 31.3 Å². The molecule has 0 spiro atoms. The van der Waals surface area contributed by atoms with Crippen molar-refractivity contribution in [1.82, 2.24) is 5.32 Å². The molecular weight excluding hydrogens is 274 g/mol. The van der Waals surface area contributed by atoms with Crippen molar-refractivity contribution in [2.24, 2.45) is 0 Å². The van der Waals surface area contributed by atoms with E-state index in [9.17, 15) is 5.11 Å². The predicted octanol–water partition coefficient (Wildman–Crippen LogP) is 3.61. The Labute approximate surface area is 131 Å². The van der Waals surface area contributed by atoms with Crippen molar-refractivity contribution >= 4 is 0 Å². The van der Waals surface area contributed by atoms with Gasteiger partial charge in [-0.25, -0.2) is 0 Å². The van der Waals surface area contributed by atoms with Crippen molar-refractivity contribution in [3.05, 3.63) is 65.7 Å². The third-order valence-corrected chi connectivity index (χ3v) is 4.07. The summed E-state index contributed by atoms with van der Waals surface area (Å²) in [6, 6.07) is 18.3. The first-order valence-corrected chi connectivity index (χ1v) is 7.90. The molecule has 1 aliphatic heterocycles. The molecule has 0 aliphatic carbocycles. The van der Waals surface area contributed by atoms with Gasteiger partial charge in [0.15, 0.2) is 0 Å². The number of rotatable bonds is 3. The molecule has 22 heavy (non-hydrogen) atoms. The summed E-state index contributed by atoms with van der Waals surface area (Å²) in [6.45, 7) is 4.20. The lowest BCUT2D eigenvalue weighted by atomic mass is 9.95. The van der Waals surface area contributed by atoms with Crippen molar-refractivity contribution in [3.63, 3.8) is 0 Å². The Hall–Kier alpha value is -1.84. The molecular formula is C19H23NO2. The lowest BCUT2D eigenvalue weighted by molar-refractivity contribution is 0.107. The Morgan fingerprint density at radius 2 is 1.73 bits per heavy atom. The van der Waals surface area contributed by atoms with Crippen molar-refractivity contribution in [2.75, 3.05) is 0 Å². The van der Waals surface area contributed by atoms with Gasteiger partial charge in [0.2, 0.25) is 0 Å². The molecule has 0 amide bonds. The standard InChI is InChI=1S/C19H23NO2/c1-13(2)20-16-12-18(14-8-4-3-5-9-14)22-17-11-7-6-10-15(17)19(16)21/h3-11,13,16,18-21H,12H2,1-2H3. The van der Waals surface area contributed by atoms with Gasteiger partial charge >= 0.3 is 0 Å². The van der Waals surface area contributed by atoms with Crippen LogP contribution in [-0.2, 0) is 0 Å². The number of para-hydroxylation sites is 1. The van der Waals surface area contributed by atoms with E-state index in [1.54, 1.807) is 0 Å². The van der Waals surface area contributed by atoms with E-state index in [0.29, 0.717) is 6.04 Å². The lowest BCUT2D eigenvalue weighted by Crippen LogP contribution is -2.39. The number of ether oxygens (including phenoxy) is 1. The summed E-state index contributed by atoms with van der Waals surface area (Å²) in [6.07, 6.45) is 0.112. The number of nitrogens with one attached hydrogen (secondary N) is 1. The maximum Gasteiger partial charge on any atom is 0.126 e. The first-order chi connectivity index (χ1) is 10.6. The van der Waals surface area contributed by atoms with Gasteiger partial charge in [-0.3, -0.25) is 0 Å². The van der Waals surface area contributed by atoms with Gasteiger partial charge in [-0.05, 0) is 11.6 Å². The van der Waals surface area contributed by atoms with E-state index >= 15 is 0 Å². The highest BCUT2D eigenvalue weighted by Gasteiger charge is 2.32. The second kappa shape index (κ2) is 6.51. The van der Waals surface area contributed by atoms with E-state index in [-0.39, 0.29) is 12.1 Å². The van der Waals surface area contributed by atoms with Gasteiger partial charge in [0.1, 0.15) is 11.9 Å². The van der Waals surface area contributed by atoms with Crippen molar-refractivity contribution in [1.29, 1.82) is 0 Å². The van der Waals surface area contributed by atoms with Crippen LogP contribution < -0.4 is 10.1 Å². The minimum absolute atomic E-state index is 0.0335. The van der Waals surface area contributed by atoms with Crippen LogP contribution in [0.5, 0.6) is 5.75 Å². The van der Waals surface area contributed by atoms with E-state index < -0.39 is 6.10 Å². The second-order valence-electron chi connectivity index (χ2n) is 6.16. The minimum atomic E-state index is -0.563. The Bertz CT molecular complexity index is 612. The number of aliphatic hydroxyl groups is 1. The van der Waals surface area contributed by atoms with E-state index in [4.69, 9.17) is 4.74 Å². The average molecular weight is 297 g/mol. The van der Waals surface area contributed by atoms with Gasteiger partial charge < -0.3 is 15.2 Å². The third-order valence-electron chi connectivity index (χ3n) is 4.07. The fourth-order valence-corrected chi connectivity index (χ4v) is 3.07. The molecule has 2 N–H and O–H groups in total. The van der Waals surface area contributed by atoms with Crippen LogP contribution in [0, 0.1) is 0 Å². The van der Waals surface area contributed by atoms with Gasteiger partial charge in [0.25, 0.3) is 0 Å². The van der Waals surface area contributed by atoms with E-state index in [1.165, 1.54) is 0 Å². The van der Waals surface area contributed by atoms with Crippen LogP contribution in [0.15, 0.2) is 54.6 Å². The number of hydrogen-bond acceptors (Lipinski definition) is 3. The Kier molecular flexibility index (Phi) is 4.46. The van der Waals surface area contributed by atoms with Crippen molar-refractivity contribution in [2.45, 2.75) is 44.6 Å². The molecule has 0 aromatic heterocycles. The Morgan fingerprint density at radius 3 is 2.45 bits per heavy atom. The summed E-state index contributed by atoms with van der Waals surface area (Å²) >= 11 is 0. The van der Waals surface area contributed by atoms with Crippen LogP contribution in [0.4, 0.5) is 0 Å². The summed E-state index contributed by atoms with van der Waals surface area (Å²) < 4.78 is 6.23. The fraction of sp³-hybridized carbons (Fsp3) is 0.368. The predicted molar refractivity (Wildman–Crippen MR) is 87.9 cm³/mol. The molecule has 3 rings (SSSR count). The van der Waals surface area contributed by atoms with Gasteiger partial charge in [-0.1, -0.05) is 62.4 Å². The number of aliphatic hydroxyl groups excluding tert-OH is 1. The molecule has 116 valence electrons. The molecule has 0 bridgehead atoms. The molecule has 0 saturated heterocycles. The molecule has 2 aromatic rings. The zero-order valence-corrected chi connectivity index (χ0v) is 13.1. The van der Waals surface area contributed by atoms with Crippen LogP contribution in [0.25, 0.3) is 0 Å². The number of fused-ring (bicyclic) bond motifs is 1. The Morgan fingerprint density at radius 1 is 1.05 bits per heavy atom. The summed E-state index contributed by atoms with van der Waals surface area (Å²) in [5.41, 5.74) is 2.00. The molecule has 0 fully saturated rings. The highest BCUT2D eigenvalue weighted by Crippen LogP contribution is 2.38. The summed E-state index contributed by atoms with van der Waals surface area (Å²) in [5, 5.41) is 14.3. The molecule has 0 saturated carbocycles. The molecule has 3 unspecified atom stereocenters. The third kappa shape index (κ3) is 3.16. The topological polar surface area (TPSA) is 41.5 Å². The quantitative estimate of drug-likeness (QED) is 0.909. The van der Waals surface area contributed by atoms with Crippen LogP contribution in [0.1, 0.15) is 43.6 Å². The summed E-state index contributed by atoms with van der Waals surface area (Å²) in [7, 11) is 0. The van der Waals surface area contributed by atoms with Crippen molar-refractivity contribution in [3.8, 4) is 5.75 Å². The van der Waals surface area contributed by atoms with Crippen LogP contribution in [0.2, 0.25) is 0 Å². The van der Waals surface area contributed by atoms with Gasteiger partial charge in [0, 0.05) is 24.1 Å². The normalized spacial score (nSPS) is 24.5. The molecule has 1 aliphatic rings. The van der Waals surface area contributed by atoms with E-state index in [1.807, 2.05) is 42.5 Å². The van der Waals surface area contributed by atoms with E-state index in [0.717, 1.165) is 23.3 Å². The maximum absolute atomic E-state index is 10.8. The van der Waals surface area contributed by atoms with Crippen LogP contribution >= 0.6 is 0 Å². The lowest BCUT2D eigenvalue weighted by Gasteiger charge is -2.26. The first kappa shape index (κ1) is 15.1. The molecule has 3 heteroatoms. The number of benzene rings is 2. The minimum Gasteiger partial charge on any atom is -0.485 e.